The molecule has 0 N–H and O–H groups in total. The molecule has 1 unspecified atom stereocenters. The highest BCUT2D eigenvalue weighted by Gasteiger charge is 2.19. The molecular weight excluding hydrogens is 424 g/mol. The maximum absolute atomic E-state index is 12.5. The van der Waals surface area contributed by atoms with Crippen LogP contribution in [0.1, 0.15) is 150 Å². The standard InChI is InChI=1S/C30H58O4/c1-6-7-21-28(30(32)34-25-18-11-9-14-20-27(4)5)22-15-12-16-23-29(31)33-24-17-10-8-13-19-26(2)3/h26-28H,6-25H2,1-5H3. The van der Waals surface area contributed by atoms with Gasteiger partial charge in [0, 0.05) is 6.42 Å². The molecule has 0 aliphatic rings. The van der Waals surface area contributed by atoms with E-state index in [-0.39, 0.29) is 17.9 Å². The molecular formula is C30H58O4. The maximum atomic E-state index is 12.5. The quantitative estimate of drug-likeness (QED) is 0.102. The minimum Gasteiger partial charge on any atom is -0.466 e. The van der Waals surface area contributed by atoms with Crippen LogP contribution >= 0.6 is 0 Å². The molecule has 0 aliphatic carbocycles. The van der Waals surface area contributed by atoms with E-state index in [1.807, 2.05) is 0 Å². The predicted molar refractivity (Wildman–Crippen MR) is 144 cm³/mol. The van der Waals surface area contributed by atoms with Crippen molar-refractivity contribution in [2.45, 2.75) is 150 Å². The van der Waals surface area contributed by atoms with Gasteiger partial charge in [-0.2, -0.15) is 0 Å². The third-order valence-corrected chi connectivity index (χ3v) is 6.53. The molecule has 0 aromatic carbocycles. The van der Waals surface area contributed by atoms with Gasteiger partial charge in [-0.1, -0.05) is 112 Å². The number of ether oxygens (including phenoxy) is 2. The number of unbranched alkanes of at least 4 members (excludes halogenated alkanes) is 9. The first-order valence-corrected chi connectivity index (χ1v) is 14.7. The number of rotatable bonds is 24. The van der Waals surface area contributed by atoms with Gasteiger partial charge in [-0.3, -0.25) is 9.59 Å². The predicted octanol–water partition coefficient (Wildman–Crippen LogP) is 9.04. The van der Waals surface area contributed by atoms with Crippen molar-refractivity contribution in [2.75, 3.05) is 13.2 Å². The van der Waals surface area contributed by atoms with Crippen LogP contribution in [-0.4, -0.2) is 25.2 Å². The highest BCUT2D eigenvalue weighted by molar-refractivity contribution is 5.72. The second-order valence-electron chi connectivity index (χ2n) is 11.0. The minimum absolute atomic E-state index is 0.0107. The first-order chi connectivity index (χ1) is 16.4. The van der Waals surface area contributed by atoms with Crippen LogP contribution in [0.15, 0.2) is 0 Å². The van der Waals surface area contributed by atoms with Gasteiger partial charge in [0.25, 0.3) is 0 Å². The van der Waals surface area contributed by atoms with Crippen LogP contribution in [0.4, 0.5) is 0 Å². The molecule has 4 nitrogen and oxygen atoms in total. The summed E-state index contributed by atoms with van der Waals surface area (Å²) in [5, 5.41) is 0. The number of hydrogen-bond donors (Lipinski definition) is 0. The molecule has 0 spiro atoms. The second kappa shape index (κ2) is 23.7. The fourth-order valence-corrected chi connectivity index (χ4v) is 4.23. The third kappa shape index (κ3) is 22.7. The van der Waals surface area contributed by atoms with E-state index in [1.165, 1.54) is 38.5 Å². The molecule has 0 saturated heterocycles. The van der Waals surface area contributed by atoms with Crippen LogP contribution in [0.25, 0.3) is 0 Å². The Morgan fingerprint density at radius 3 is 1.59 bits per heavy atom. The summed E-state index contributed by atoms with van der Waals surface area (Å²) in [5.41, 5.74) is 0. The molecule has 0 aromatic heterocycles. The Bertz CT molecular complexity index is 472. The molecule has 0 radical (unpaired) electrons. The summed E-state index contributed by atoms with van der Waals surface area (Å²) in [6, 6.07) is 0. The van der Waals surface area contributed by atoms with Gasteiger partial charge in [0.15, 0.2) is 0 Å². The summed E-state index contributed by atoms with van der Waals surface area (Å²) in [6.45, 7) is 12.3. The normalized spacial score (nSPS) is 12.3. The van der Waals surface area contributed by atoms with Crippen molar-refractivity contribution < 1.29 is 19.1 Å². The first kappa shape index (κ1) is 32.9. The van der Waals surface area contributed by atoms with E-state index >= 15 is 0 Å². The van der Waals surface area contributed by atoms with E-state index < -0.39 is 0 Å². The molecule has 0 saturated carbocycles. The van der Waals surface area contributed by atoms with Gasteiger partial charge in [0.1, 0.15) is 0 Å². The summed E-state index contributed by atoms with van der Waals surface area (Å²) >= 11 is 0. The van der Waals surface area contributed by atoms with Gasteiger partial charge >= 0.3 is 11.9 Å². The van der Waals surface area contributed by atoms with Gasteiger partial charge in [-0.25, -0.2) is 0 Å². The molecule has 0 fully saturated rings. The van der Waals surface area contributed by atoms with Crippen molar-refractivity contribution in [3.63, 3.8) is 0 Å². The summed E-state index contributed by atoms with van der Waals surface area (Å²) in [5.74, 6) is 1.49. The molecule has 0 aliphatic heterocycles. The largest absolute Gasteiger partial charge is 0.466 e. The molecule has 202 valence electrons. The lowest BCUT2D eigenvalue weighted by molar-refractivity contribution is -0.149. The van der Waals surface area contributed by atoms with Gasteiger partial charge in [-0.05, 0) is 43.9 Å². The number of carbonyl (C=O) groups excluding carboxylic acids is 2. The summed E-state index contributed by atoms with van der Waals surface area (Å²) < 4.78 is 11.0. The lowest BCUT2D eigenvalue weighted by Gasteiger charge is -2.16. The Hall–Kier alpha value is -1.06. The van der Waals surface area contributed by atoms with Crippen LogP contribution in [0, 0.1) is 17.8 Å². The summed E-state index contributed by atoms with van der Waals surface area (Å²) in [4.78, 5) is 24.5. The molecule has 0 aromatic rings. The Morgan fingerprint density at radius 2 is 1.03 bits per heavy atom. The topological polar surface area (TPSA) is 52.6 Å². The van der Waals surface area contributed by atoms with E-state index in [0.29, 0.717) is 19.6 Å². The Kier molecular flexibility index (Phi) is 22.9. The van der Waals surface area contributed by atoms with Crippen LogP contribution in [0.2, 0.25) is 0 Å². The highest BCUT2D eigenvalue weighted by atomic mass is 16.5. The van der Waals surface area contributed by atoms with Crippen molar-refractivity contribution in [1.29, 1.82) is 0 Å². The summed E-state index contributed by atoms with van der Waals surface area (Å²) in [6.07, 6.45) is 19.1. The van der Waals surface area contributed by atoms with E-state index in [4.69, 9.17) is 9.47 Å². The number of esters is 2. The number of carbonyl (C=O) groups is 2. The van der Waals surface area contributed by atoms with Gasteiger partial charge < -0.3 is 9.47 Å². The molecule has 0 amide bonds. The van der Waals surface area contributed by atoms with Crippen LogP contribution in [-0.2, 0) is 19.1 Å². The molecule has 0 heterocycles. The van der Waals surface area contributed by atoms with Crippen molar-refractivity contribution in [3.05, 3.63) is 0 Å². The van der Waals surface area contributed by atoms with Crippen LogP contribution in [0.5, 0.6) is 0 Å². The van der Waals surface area contributed by atoms with Crippen molar-refractivity contribution in [1.82, 2.24) is 0 Å². The zero-order valence-electron chi connectivity index (χ0n) is 23.5. The molecule has 34 heavy (non-hydrogen) atoms. The average molecular weight is 483 g/mol. The van der Waals surface area contributed by atoms with E-state index in [0.717, 1.165) is 82.5 Å². The van der Waals surface area contributed by atoms with E-state index in [2.05, 4.69) is 34.6 Å². The molecule has 1 atom stereocenters. The fraction of sp³-hybridized carbons (Fsp3) is 0.933. The van der Waals surface area contributed by atoms with Crippen LogP contribution < -0.4 is 0 Å². The summed E-state index contributed by atoms with van der Waals surface area (Å²) in [7, 11) is 0. The smallest absolute Gasteiger partial charge is 0.308 e. The first-order valence-electron chi connectivity index (χ1n) is 14.7. The lowest BCUT2D eigenvalue weighted by atomic mass is 9.95. The van der Waals surface area contributed by atoms with Gasteiger partial charge in [-0.15, -0.1) is 0 Å². The zero-order valence-corrected chi connectivity index (χ0v) is 23.5. The minimum atomic E-state index is -0.0717. The Balaban J connectivity index is 3.83. The molecule has 0 bridgehead atoms. The monoisotopic (exact) mass is 482 g/mol. The zero-order chi connectivity index (χ0) is 25.4. The van der Waals surface area contributed by atoms with Crippen molar-refractivity contribution >= 4 is 11.9 Å². The molecule has 0 rings (SSSR count). The fourth-order valence-electron chi connectivity index (χ4n) is 4.23. The van der Waals surface area contributed by atoms with E-state index in [1.54, 1.807) is 0 Å². The lowest BCUT2D eigenvalue weighted by Crippen LogP contribution is -2.18. The number of hydrogen-bond acceptors (Lipinski definition) is 4. The van der Waals surface area contributed by atoms with Gasteiger partial charge in [0.2, 0.25) is 0 Å². The second-order valence-corrected chi connectivity index (χ2v) is 11.0. The van der Waals surface area contributed by atoms with Crippen LogP contribution in [0.3, 0.4) is 0 Å². The maximum Gasteiger partial charge on any atom is 0.308 e. The highest BCUT2D eigenvalue weighted by Crippen LogP contribution is 2.20. The van der Waals surface area contributed by atoms with E-state index in [9.17, 15) is 9.59 Å². The Labute approximate surface area is 212 Å². The van der Waals surface area contributed by atoms with Gasteiger partial charge in [0.05, 0.1) is 19.1 Å². The van der Waals surface area contributed by atoms with Crippen molar-refractivity contribution in [3.8, 4) is 0 Å². The third-order valence-electron chi connectivity index (χ3n) is 6.53. The average Bonchev–Trinajstić information content (AvgIpc) is 2.78. The van der Waals surface area contributed by atoms with Crippen molar-refractivity contribution in [2.24, 2.45) is 17.8 Å². The molecule has 4 heteroatoms. The SMILES string of the molecule is CCCCC(CCCCCC(=O)OCCCCCCC(C)C)C(=O)OCCCCCCC(C)C. The Morgan fingerprint density at radius 1 is 0.559 bits per heavy atom.